The molecule has 18 heavy (non-hydrogen) atoms. The highest BCUT2D eigenvalue weighted by atomic mass is 15.3. The zero-order valence-electron chi connectivity index (χ0n) is 12.2. The maximum atomic E-state index is 9.17. The molecule has 0 aromatic heterocycles. The van der Waals surface area contributed by atoms with Crippen molar-refractivity contribution in [1.29, 1.82) is 5.26 Å². The van der Waals surface area contributed by atoms with E-state index in [4.69, 9.17) is 5.26 Å². The summed E-state index contributed by atoms with van der Waals surface area (Å²) in [6, 6.07) is 2.58. The number of piperazine rings is 1. The molecular formula is C14H28N4. The summed E-state index contributed by atoms with van der Waals surface area (Å²) in [4.78, 5) is 7.12. The molecule has 0 radical (unpaired) electrons. The van der Waals surface area contributed by atoms with Gasteiger partial charge in [-0.3, -0.25) is 4.90 Å². The Bertz CT molecular complexity index is 251. The normalized spacial score (nSPS) is 19.9. The Morgan fingerprint density at radius 1 is 1.22 bits per heavy atom. The van der Waals surface area contributed by atoms with E-state index in [9.17, 15) is 0 Å². The van der Waals surface area contributed by atoms with Crippen LogP contribution >= 0.6 is 0 Å². The first-order valence-electron chi connectivity index (χ1n) is 7.18. The molecule has 0 amide bonds. The minimum absolute atomic E-state index is 0.138. The predicted octanol–water partition coefficient (Wildman–Crippen LogP) is 1.25. The van der Waals surface area contributed by atoms with Gasteiger partial charge in [0.25, 0.3) is 0 Å². The monoisotopic (exact) mass is 252 g/mol. The molecule has 1 heterocycles. The van der Waals surface area contributed by atoms with Crippen LogP contribution in [-0.2, 0) is 0 Å². The summed E-state index contributed by atoms with van der Waals surface area (Å²) in [6.07, 6.45) is 3.35. The molecule has 0 aromatic carbocycles. The summed E-state index contributed by atoms with van der Waals surface area (Å²) in [5, 5.41) is 9.17. The van der Waals surface area contributed by atoms with E-state index in [0.717, 1.165) is 45.6 Å². The van der Waals surface area contributed by atoms with Gasteiger partial charge in [0.15, 0.2) is 0 Å². The molecule has 0 bridgehead atoms. The Morgan fingerprint density at radius 2 is 1.89 bits per heavy atom. The van der Waals surface area contributed by atoms with Crippen LogP contribution in [0.3, 0.4) is 0 Å². The number of hydrogen-bond acceptors (Lipinski definition) is 4. The Labute approximate surface area is 112 Å². The number of rotatable bonds is 7. The summed E-state index contributed by atoms with van der Waals surface area (Å²) in [6.45, 7) is 8.86. The second kappa shape index (κ2) is 8.47. The number of nitrogens with zero attached hydrogens (tertiary/aromatic N) is 4. The highest BCUT2D eigenvalue weighted by Crippen LogP contribution is 2.10. The lowest BCUT2D eigenvalue weighted by Gasteiger charge is -2.37. The van der Waals surface area contributed by atoms with Crippen LogP contribution in [0.4, 0.5) is 0 Å². The fraction of sp³-hybridized carbons (Fsp3) is 0.929. The van der Waals surface area contributed by atoms with Gasteiger partial charge < -0.3 is 9.80 Å². The van der Waals surface area contributed by atoms with Crippen LogP contribution in [0, 0.1) is 11.3 Å². The van der Waals surface area contributed by atoms with Crippen molar-refractivity contribution < 1.29 is 0 Å². The molecule has 1 unspecified atom stereocenters. The predicted molar refractivity (Wildman–Crippen MR) is 75.5 cm³/mol. The molecule has 0 aromatic rings. The standard InChI is InChI=1S/C14H28N4/c1-4-6-14(13-15)18-11-9-17(10-12-18)8-5-7-16(2)3/h14H,4-12H2,1-3H3. The minimum Gasteiger partial charge on any atom is -0.309 e. The molecule has 1 fully saturated rings. The van der Waals surface area contributed by atoms with E-state index in [2.05, 4.69) is 41.8 Å². The van der Waals surface area contributed by atoms with Gasteiger partial charge in [0.1, 0.15) is 0 Å². The molecule has 0 aliphatic carbocycles. The lowest BCUT2D eigenvalue weighted by Crippen LogP contribution is -2.50. The van der Waals surface area contributed by atoms with E-state index in [0.29, 0.717) is 0 Å². The average Bonchev–Trinajstić information content (AvgIpc) is 2.36. The molecule has 0 N–H and O–H groups in total. The molecule has 1 aliphatic rings. The molecule has 4 nitrogen and oxygen atoms in total. The summed E-state index contributed by atoms with van der Waals surface area (Å²) < 4.78 is 0. The van der Waals surface area contributed by atoms with E-state index < -0.39 is 0 Å². The van der Waals surface area contributed by atoms with Gasteiger partial charge in [-0.05, 0) is 40.0 Å². The first kappa shape index (κ1) is 15.4. The van der Waals surface area contributed by atoms with E-state index in [-0.39, 0.29) is 6.04 Å². The third-order valence-corrected chi connectivity index (χ3v) is 3.64. The summed E-state index contributed by atoms with van der Waals surface area (Å²) in [5.41, 5.74) is 0. The second-order valence-electron chi connectivity index (χ2n) is 5.47. The summed E-state index contributed by atoms with van der Waals surface area (Å²) in [5.74, 6) is 0. The van der Waals surface area contributed by atoms with Crippen molar-refractivity contribution in [1.82, 2.24) is 14.7 Å². The van der Waals surface area contributed by atoms with Crippen LogP contribution < -0.4 is 0 Å². The lowest BCUT2D eigenvalue weighted by molar-refractivity contribution is 0.108. The van der Waals surface area contributed by atoms with E-state index >= 15 is 0 Å². The highest BCUT2D eigenvalue weighted by molar-refractivity contribution is 4.93. The molecule has 104 valence electrons. The van der Waals surface area contributed by atoms with Gasteiger partial charge in [0.2, 0.25) is 0 Å². The Hall–Kier alpha value is -0.630. The van der Waals surface area contributed by atoms with Crippen molar-refractivity contribution in [2.24, 2.45) is 0 Å². The quantitative estimate of drug-likeness (QED) is 0.683. The van der Waals surface area contributed by atoms with Gasteiger partial charge in [-0.2, -0.15) is 5.26 Å². The van der Waals surface area contributed by atoms with Crippen molar-refractivity contribution >= 4 is 0 Å². The van der Waals surface area contributed by atoms with Gasteiger partial charge in [0, 0.05) is 26.2 Å². The maximum absolute atomic E-state index is 9.17. The van der Waals surface area contributed by atoms with Gasteiger partial charge >= 0.3 is 0 Å². The average molecular weight is 252 g/mol. The van der Waals surface area contributed by atoms with Crippen molar-refractivity contribution in [2.45, 2.75) is 32.2 Å². The third-order valence-electron chi connectivity index (χ3n) is 3.64. The molecule has 1 atom stereocenters. The molecule has 1 aliphatic heterocycles. The van der Waals surface area contributed by atoms with E-state index in [1.165, 1.54) is 13.0 Å². The lowest BCUT2D eigenvalue weighted by atomic mass is 10.1. The first-order valence-corrected chi connectivity index (χ1v) is 7.18. The fourth-order valence-corrected chi connectivity index (χ4v) is 2.51. The van der Waals surface area contributed by atoms with Crippen LogP contribution in [0.1, 0.15) is 26.2 Å². The highest BCUT2D eigenvalue weighted by Gasteiger charge is 2.22. The van der Waals surface area contributed by atoms with Crippen molar-refractivity contribution in [2.75, 3.05) is 53.4 Å². The minimum atomic E-state index is 0.138. The van der Waals surface area contributed by atoms with Gasteiger partial charge in [-0.1, -0.05) is 13.3 Å². The Balaban J connectivity index is 2.21. The fourth-order valence-electron chi connectivity index (χ4n) is 2.51. The van der Waals surface area contributed by atoms with Crippen molar-refractivity contribution in [3.63, 3.8) is 0 Å². The molecule has 0 spiro atoms. The van der Waals surface area contributed by atoms with Crippen LogP contribution in [0.15, 0.2) is 0 Å². The van der Waals surface area contributed by atoms with E-state index in [1.807, 2.05) is 0 Å². The Morgan fingerprint density at radius 3 is 2.39 bits per heavy atom. The van der Waals surface area contributed by atoms with Crippen molar-refractivity contribution in [3.8, 4) is 6.07 Å². The molecular weight excluding hydrogens is 224 g/mol. The summed E-state index contributed by atoms with van der Waals surface area (Å²) >= 11 is 0. The zero-order valence-corrected chi connectivity index (χ0v) is 12.2. The summed E-state index contributed by atoms with van der Waals surface area (Å²) in [7, 11) is 4.25. The number of nitriles is 1. The van der Waals surface area contributed by atoms with Gasteiger partial charge in [-0.15, -0.1) is 0 Å². The molecule has 1 saturated heterocycles. The van der Waals surface area contributed by atoms with Gasteiger partial charge in [0.05, 0.1) is 12.1 Å². The smallest absolute Gasteiger partial charge is 0.0978 e. The molecule has 0 saturated carbocycles. The SMILES string of the molecule is CCCC(C#N)N1CCN(CCCN(C)C)CC1. The topological polar surface area (TPSA) is 33.5 Å². The zero-order chi connectivity index (χ0) is 13.4. The van der Waals surface area contributed by atoms with Gasteiger partial charge in [-0.25, -0.2) is 0 Å². The molecule has 4 heteroatoms. The van der Waals surface area contributed by atoms with Crippen LogP contribution in [0.25, 0.3) is 0 Å². The van der Waals surface area contributed by atoms with Crippen LogP contribution in [0.2, 0.25) is 0 Å². The maximum Gasteiger partial charge on any atom is 0.0978 e. The largest absolute Gasteiger partial charge is 0.309 e. The third kappa shape index (κ3) is 5.34. The van der Waals surface area contributed by atoms with Crippen LogP contribution in [-0.4, -0.2) is 74.1 Å². The Kier molecular flexibility index (Phi) is 7.26. The van der Waals surface area contributed by atoms with Crippen LogP contribution in [0.5, 0.6) is 0 Å². The molecule has 1 rings (SSSR count). The number of hydrogen-bond donors (Lipinski definition) is 0. The first-order chi connectivity index (χ1) is 8.67. The second-order valence-corrected chi connectivity index (χ2v) is 5.47. The van der Waals surface area contributed by atoms with Crippen molar-refractivity contribution in [3.05, 3.63) is 0 Å². The van der Waals surface area contributed by atoms with E-state index in [1.54, 1.807) is 0 Å².